The molecule has 2 aliphatic rings. The molecule has 9 nitrogen and oxygen atoms in total. The number of carbonyl (C=O) groups is 1. The Balaban J connectivity index is 1.44. The van der Waals surface area contributed by atoms with E-state index in [2.05, 4.69) is 32.2 Å². The third kappa shape index (κ3) is 3.98. The van der Waals surface area contributed by atoms with Crippen molar-refractivity contribution in [3.05, 3.63) is 60.8 Å². The van der Waals surface area contributed by atoms with Gasteiger partial charge in [0.1, 0.15) is 23.5 Å². The maximum atomic E-state index is 13.4. The van der Waals surface area contributed by atoms with Gasteiger partial charge < -0.3 is 26.7 Å². The zero-order valence-electron chi connectivity index (χ0n) is 22.8. The fourth-order valence-electron chi connectivity index (χ4n) is 6.92. The standard InChI is InChI=1S/C31H34N8O/c1-4-24-25(21-15-20-7-5-6-8-23(20)35-16-21)26-27(33)36-18-37-28(26)39(24)31-12-10-30(17-31,11-13-31)38-29(40)22(19(2)32)9-14-34-3/h1,5-9,14-16,18-19,22,34H,10-13,17,32H2,2-3H3,(H,38,40)(H2,33,36,37)/b14-9-. The van der Waals surface area contributed by atoms with E-state index in [-0.39, 0.29) is 23.0 Å². The van der Waals surface area contributed by atoms with Crippen LogP contribution in [0, 0.1) is 18.3 Å². The summed E-state index contributed by atoms with van der Waals surface area (Å²) in [6, 6.07) is 9.75. The molecule has 9 heteroatoms. The van der Waals surface area contributed by atoms with E-state index in [0.717, 1.165) is 65.2 Å². The molecule has 2 fully saturated rings. The lowest BCUT2D eigenvalue weighted by atomic mass is 9.90. The molecule has 40 heavy (non-hydrogen) atoms. The Hall–Kier alpha value is -4.42. The average molecular weight is 535 g/mol. The summed E-state index contributed by atoms with van der Waals surface area (Å²) >= 11 is 0. The molecule has 6 rings (SSSR count). The number of nitrogens with one attached hydrogen (secondary N) is 2. The van der Waals surface area contributed by atoms with E-state index in [1.54, 1.807) is 13.2 Å². The van der Waals surface area contributed by atoms with Gasteiger partial charge in [-0.15, -0.1) is 6.42 Å². The van der Waals surface area contributed by atoms with Crippen LogP contribution < -0.4 is 22.1 Å². The lowest BCUT2D eigenvalue weighted by Gasteiger charge is -2.31. The quantitative estimate of drug-likeness (QED) is 0.267. The average Bonchev–Trinajstić information content (AvgIpc) is 3.61. The maximum absolute atomic E-state index is 13.4. The fraction of sp³-hybridized carbons (Fsp3) is 0.355. The van der Waals surface area contributed by atoms with E-state index in [9.17, 15) is 4.79 Å². The summed E-state index contributed by atoms with van der Waals surface area (Å²) < 4.78 is 2.20. The van der Waals surface area contributed by atoms with E-state index < -0.39 is 5.92 Å². The molecule has 4 aromatic rings. The Morgan fingerprint density at radius 2 is 1.98 bits per heavy atom. The minimum absolute atomic E-state index is 0.0526. The van der Waals surface area contributed by atoms with Crippen molar-refractivity contribution in [2.45, 2.75) is 56.1 Å². The first kappa shape index (κ1) is 25.8. The van der Waals surface area contributed by atoms with E-state index in [4.69, 9.17) is 27.9 Å². The molecule has 0 radical (unpaired) electrons. The lowest BCUT2D eigenvalue weighted by molar-refractivity contribution is -0.125. The number of rotatable bonds is 7. The van der Waals surface area contributed by atoms with Crippen LogP contribution in [0.2, 0.25) is 0 Å². The molecule has 204 valence electrons. The van der Waals surface area contributed by atoms with Crippen molar-refractivity contribution in [2.75, 3.05) is 12.8 Å². The highest BCUT2D eigenvalue weighted by atomic mass is 16.2. The Bertz CT molecular complexity index is 1690. The van der Waals surface area contributed by atoms with Gasteiger partial charge >= 0.3 is 0 Å². The molecule has 2 atom stereocenters. The molecule has 6 N–H and O–H groups in total. The van der Waals surface area contributed by atoms with Crippen molar-refractivity contribution in [3.63, 3.8) is 0 Å². The first-order valence-electron chi connectivity index (χ1n) is 13.7. The molecule has 2 saturated carbocycles. The Labute approximate surface area is 233 Å². The number of anilines is 1. The number of benzene rings is 1. The number of nitrogen functional groups attached to an aromatic ring is 1. The van der Waals surface area contributed by atoms with Crippen molar-refractivity contribution in [1.82, 2.24) is 30.2 Å². The largest absolute Gasteiger partial charge is 0.394 e. The first-order chi connectivity index (χ1) is 19.3. The van der Waals surface area contributed by atoms with Crippen LogP contribution in [0.5, 0.6) is 0 Å². The van der Waals surface area contributed by atoms with Crippen LogP contribution in [0.25, 0.3) is 33.1 Å². The SMILES string of the molecule is C#Cc1c(-c2cnc3ccccc3c2)c2c(N)ncnc2n1C12CCC(NC(=O)C(/C=C\NC)C(C)N)(CC1)C2. The van der Waals surface area contributed by atoms with E-state index in [1.165, 1.54) is 6.33 Å². The highest BCUT2D eigenvalue weighted by Gasteiger charge is 2.57. The number of nitrogens with two attached hydrogens (primary N) is 2. The van der Waals surface area contributed by atoms with Crippen LogP contribution in [-0.4, -0.2) is 44.1 Å². The Kier molecular flexibility index (Phi) is 6.23. The van der Waals surface area contributed by atoms with E-state index in [0.29, 0.717) is 11.5 Å². The summed E-state index contributed by atoms with van der Waals surface area (Å²) in [5.41, 5.74) is 16.1. The molecule has 0 aliphatic heterocycles. The third-order valence-corrected chi connectivity index (χ3v) is 8.80. The number of terminal acetylenes is 1. The minimum Gasteiger partial charge on any atom is -0.394 e. The number of carbonyl (C=O) groups excluding carboxylic acids is 1. The fourth-order valence-corrected chi connectivity index (χ4v) is 6.92. The van der Waals surface area contributed by atoms with Gasteiger partial charge in [-0.2, -0.15) is 0 Å². The van der Waals surface area contributed by atoms with Gasteiger partial charge in [-0.05, 0) is 57.4 Å². The van der Waals surface area contributed by atoms with Gasteiger partial charge in [-0.1, -0.05) is 30.2 Å². The number of hydrogen-bond acceptors (Lipinski definition) is 7. The lowest BCUT2D eigenvalue weighted by Crippen LogP contribution is -2.50. The zero-order chi connectivity index (χ0) is 28.1. The second-order valence-corrected chi connectivity index (χ2v) is 11.3. The second-order valence-electron chi connectivity index (χ2n) is 11.3. The Morgan fingerprint density at radius 3 is 2.70 bits per heavy atom. The van der Waals surface area contributed by atoms with Crippen molar-refractivity contribution < 1.29 is 4.79 Å². The molecular formula is C31H34N8O. The summed E-state index contributed by atoms with van der Waals surface area (Å²) in [6.45, 7) is 1.86. The van der Waals surface area contributed by atoms with Gasteiger partial charge in [0, 0.05) is 46.9 Å². The summed E-state index contributed by atoms with van der Waals surface area (Å²) in [5, 5.41) is 8.10. The Morgan fingerprint density at radius 1 is 1.20 bits per heavy atom. The van der Waals surface area contributed by atoms with Crippen molar-refractivity contribution >= 4 is 33.7 Å². The molecule has 2 bridgehead atoms. The van der Waals surface area contributed by atoms with Crippen LogP contribution in [0.3, 0.4) is 0 Å². The monoisotopic (exact) mass is 534 g/mol. The summed E-state index contributed by atoms with van der Waals surface area (Å²) in [7, 11) is 1.80. The predicted octanol–water partition coefficient (Wildman–Crippen LogP) is 3.43. The highest BCUT2D eigenvalue weighted by Crippen LogP contribution is 2.57. The first-order valence-corrected chi connectivity index (χ1v) is 13.7. The molecule has 3 aromatic heterocycles. The van der Waals surface area contributed by atoms with Crippen LogP contribution in [0.4, 0.5) is 5.82 Å². The van der Waals surface area contributed by atoms with Gasteiger partial charge in [0.15, 0.2) is 0 Å². The van der Waals surface area contributed by atoms with Crippen LogP contribution in [-0.2, 0) is 10.3 Å². The van der Waals surface area contributed by atoms with Crippen molar-refractivity contribution in [1.29, 1.82) is 0 Å². The van der Waals surface area contributed by atoms with E-state index in [1.807, 2.05) is 43.5 Å². The second kappa shape index (κ2) is 9.65. The number of para-hydroxylation sites is 1. The molecule has 1 aromatic carbocycles. The van der Waals surface area contributed by atoms with Gasteiger partial charge in [0.2, 0.25) is 5.91 Å². The molecule has 3 heterocycles. The van der Waals surface area contributed by atoms with Crippen molar-refractivity contribution in [3.8, 4) is 23.5 Å². The van der Waals surface area contributed by atoms with E-state index >= 15 is 0 Å². The number of amides is 1. The number of pyridine rings is 1. The summed E-state index contributed by atoms with van der Waals surface area (Å²) in [5.74, 6) is 2.89. The number of aromatic nitrogens is 4. The zero-order valence-corrected chi connectivity index (χ0v) is 22.8. The maximum Gasteiger partial charge on any atom is 0.228 e. The van der Waals surface area contributed by atoms with Crippen molar-refractivity contribution in [2.24, 2.45) is 11.7 Å². The molecular weight excluding hydrogens is 500 g/mol. The summed E-state index contributed by atoms with van der Waals surface area (Å²) in [4.78, 5) is 27.1. The minimum atomic E-state index is -0.425. The van der Waals surface area contributed by atoms with Crippen LogP contribution in [0.15, 0.2) is 55.1 Å². The molecule has 2 unspecified atom stereocenters. The van der Waals surface area contributed by atoms with Gasteiger partial charge in [0.25, 0.3) is 0 Å². The smallest absolute Gasteiger partial charge is 0.228 e. The van der Waals surface area contributed by atoms with Crippen LogP contribution >= 0.6 is 0 Å². The summed E-state index contributed by atoms with van der Waals surface area (Å²) in [6.07, 6.45) is 17.4. The normalized spacial score (nSPS) is 23.4. The molecule has 0 saturated heterocycles. The molecule has 2 aliphatic carbocycles. The molecule has 0 spiro atoms. The number of hydrogen-bond donors (Lipinski definition) is 4. The molecule has 1 amide bonds. The van der Waals surface area contributed by atoms with Gasteiger partial charge in [0.05, 0.1) is 16.8 Å². The topological polar surface area (TPSA) is 137 Å². The van der Waals surface area contributed by atoms with Gasteiger partial charge in [-0.25, -0.2) is 9.97 Å². The number of fused-ring (bicyclic) bond motifs is 4. The highest BCUT2D eigenvalue weighted by molar-refractivity contribution is 6.04. The third-order valence-electron chi connectivity index (χ3n) is 8.80. The van der Waals surface area contributed by atoms with Gasteiger partial charge in [-0.3, -0.25) is 9.78 Å². The van der Waals surface area contributed by atoms with Crippen LogP contribution in [0.1, 0.15) is 44.7 Å². The number of nitrogens with zero attached hydrogens (tertiary/aromatic N) is 4. The predicted molar refractivity (Wildman–Crippen MR) is 158 cm³/mol.